The molecular weight excluding hydrogens is 334 g/mol. The van der Waals surface area contributed by atoms with Gasteiger partial charge in [-0.15, -0.1) is 0 Å². The molecule has 1 N–H and O–H groups in total. The fraction of sp³-hybridized carbons (Fsp3) is 0.0952. The SMILES string of the molecule is O=C(CO)[N+](Cc1ccc(Cl)cc1)(c1ccccc1)c1ccccc1. The fourth-order valence-electron chi connectivity index (χ4n) is 3.06. The monoisotopic (exact) mass is 352 g/mol. The summed E-state index contributed by atoms with van der Waals surface area (Å²) in [5.41, 5.74) is 2.57. The second kappa shape index (κ2) is 7.62. The number of benzene rings is 3. The minimum Gasteiger partial charge on any atom is -0.382 e. The number of hydrogen-bond donors (Lipinski definition) is 1. The standard InChI is InChI=1S/C21H19ClNO2/c22-18-13-11-17(12-14-18)15-23(21(25)16-24,19-7-3-1-4-8-19)20-9-5-2-6-10-20/h1-14,24H,15-16H2/q+1. The van der Waals surface area contributed by atoms with Crippen LogP contribution >= 0.6 is 11.6 Å². The van der Waals surface area contributed by atoms with Crippen molar-refractivity contribution in [2.45, 2.75) is 6.54 Å². The lowest BCUT2D eigenvalue weighted by Crippen LogP contribution is -2.50. The minimum absolute atomic E-state index is 0.0835. The van der Waals surface area contributed by atoms with Gasteiger partial charge in [0.25, 0.3) is 0 Å². The van der Waals surface area contributed by atoms with Gasteiger partial charge in [0.2, 0.25) is 0 Å². The molecule has 0 fully saturated rings. The molecule has 0 bridgehead atoms. The van der Waals surface area contributed by atoms with E-state index in [-0.39, 0.29) is 10.4 Å². The van der Waals surface area contributed by atoms with E-state index in [2.05, 4.69) is 0 Å². The summed E-state index contributed by atoms with van der Waals surface area (Å²) in [5, 5.41) is 10.4. The zero-order chi connectivity index (χ0) is 17.7. The van der Waals surface area contributed by atoms with Gasteiger partial charge in [0.05, 0.1) is 0 Å². The van der Waals surface area contributed by atoms with E-state index in [1.165, 1.54) is 0 Å². The first-order valence-electron chi connectivity index (χ1n) is 8.05. The number of aliphatic hydroxyl groups excluding tert-OH is 1. The Morgan fingerprint density at radius 2 is 1.28 bits per heavy atom. The van der Waals surface area contributed by atoms with E-state index in [4.69, 9.17) is 11.6 Å². The van der Waals surface area contributed by atoms with Crippen LogP contribution in [-0.4, -0.2) is 17.6 Å². The summed E-state index contributed by atoms with van der Waals surface area (Å²) in [5.74, 6) is -0.285. The number of para-hydroxylation sites is 2. The van der Waals surface area contributed by atoms with Crippen molar-refractivity contribution in [3.63, 3.8) is 0 Å². The average molecular weight is 353 g/mol. The van der Waals surface area contributed by atoms with Crippen molar-refractivity contribution in [1.82, 2.24) is 4.48 Å². The lowest BCUT2D eigenvalue weighted by Gasteiger charge is -2.34. The molecule has 3 rings (SSSR count). The molecule has 3 nitrogen and oxygen atoms in total. The van der Waals surface area contributed by atoms with Crippen LogP contribution in [0.3, 0.4) is 0 Å². The third kappa shape index (κ3) is 3.49. The number of hydrogen-bond acceptors (Lipinski definition) is 2. The molecule has 0 aliphatic carbocycles. The normalized spacial score (nSPS) is 11.3. The number of nitrogens with zero attached hydrogens (tertiary/aromatic N) is 1. The zero-order valence-corrected chi connectivity index (χ0v) is 14.4. The summed E-state index contributed by atoms with van der Waals surface area (Å²) in [6.45, 7) is -0.151. The van der Waals surface area contributed by atoms with E-state index in [1.807, 2.05) is 84.9 Å². The summed E-state index contributed by atoms with van der Waals surface area (Å²) in [4.78, 5) is 13.0. The Morgan fingerprint density at radius 3 is 1.72 bits per heavy atom. The molecule has 0 aromatic heterocycles. The maximum absolute atomic E-state index is 13.0. The number of aliphatic hydroxyl groups is 1. The topological polar surface area (TPSA) is 37.3 Å². The van der Waals surface area contributed by atoms with Gasteiger partial charge in [-0.3, -0.25) is 0 Å². The lowest BCUT2D eigenvalue weighted by atomic mass is 10.1. The van der Waals surface area contributed by atoms with Crippen LogP contribution < -0.4 is 4.48 Å². The molecular formula is C21H19ClNO2+. The van der Waals surface area contributed by atoms with Crippen LogP contribution in [0, 0.1) is 0 Å². The number of amides is 1. The van der Waals surface area contributed by atoms with Crippen molar-refractivity contribution in [3.05, 3.63) is 95.5 Å². The van der Waals surface area contributed by atoms with Crippen molar-refractivity contribution in [1.29, 1.82) is 0 Å². The number of halogens is 1. The van der Waals surface area contributed by atoms with Crippen molar-refractivity contribution in [2.24, 2.45) is 0 Å². The van der Waals surface area contributed by atoms with E-state index in [9.17, 15) is 9.90 Å². The van der Waals surface area contributed by atoms with Gasteiger partial charge in [-0.2, -0.15) is 4.48 Å². The molecule has 0 unspecified atom stereocenters. The maximum Gasteiger partial charge on any atom is 0.349 e. The van der Waals surface area contributed by atoms with Gasteiger partial charge >= 0.3 is 5.91 Å². The third-order valence-corrected chi connectivity index (χ3v) is 4.54. The Balaban J connectivity index is 2.21. The highest BCUT2D eigenvalue weighted by atomic mass is 35.5. The van der Waals surface area contributed by atoms with E-state index in [1.54, 1.807) is 0 Å². The number of quaternary nitrogens is 1. The van der Waals surface area contributed by atoms with Crippen LogP contribution in [0.1, 0.15) is 5.56 Å². The van der Waals surface area contributed by atoms with Gasteiger partial charge in [0.1, 0.15) is 17.9 Å². The van der Waals surface area contributed by atoms with Gasteiger partial charge in [0, 0.05) is 34.9 Å². The minimum atomic E-state index is -0.544. The third-order valence-electron chi connectivity index (χ3n) is 4.29. The number of rotatable bonds is 5. The van der Waals surface area contributed by atoms with Crippen molar-refractivity contribution in [3.8, 4) is 0 Å². The highest BCUT2D eigenvalue weighted by molar-refractivity contribution is 6.30. The second-order valence-corrected chi connectivity index (χ2v) is 6.25. The molecule has 0 radical (unpaired) electrons. The quantitative estimate of drug-likeness (QED) is 0.676. The van der Waals surface area contributed by atoms with Crippen LogP contribution in [0.15, 0.2) is 84.9 Å². The smallest absolute Gasteiger partial charge is 0.349 e. The highest BCUT2D eigenvalue weighted by Crippen LogP contribution is 2.37. The molecule has 0 saturated heterocycles. The number of carbonyl (C=O) groups excluding carboxylic acids is 1. The predicted molar refractivity (Wildman–Crippen MR) is 102 cm³/mol. The Kier molecular flexibility index (Phi) is 5.29. The van der Waals surface area contributed by atoms with E-state index in [0.717, 1.165) is 16.9 Å². The fourth-order valence-corrected chi connectivity index (χ4v) is 3.18. The second-order valence-electron chi connectivity index (χ2n) is 5.82. The van der Waals surface area contributed by atoms with Crippen LogP contribution in [0.25, 0.3) is 0 Å². The van der Waals surface area contributed by atoms with Crippen molar-refractivity contribution < 1.29 is 9.90 Å². The van der Waals surface area contributed by atoms with Crippen molar-refractivity contribution in [2.75, 3.05) is 6.61 Å². The summed E-state index contributed by atoms with van der Waals surface area (Å²) in [6.07, 6.45) is 0. The molecule has 1 amide bonds. The first-order chi connectivity index (χ1) is 12.2. The molecule has 25 heavy (non-hydrogen) atoms. The van der Waals surface area contributed by atoms with Crippen molar-refractivity contribution >= 4 is 28.9 Å². The number of carbonyl (C=O) groups is 1. The molecule has 3 aromatic carbocycles. The first-order valence-corrected chi connectivity index (χ1v) is 8.42. The van der Waals surface area contributed by atoms with E-state index < -0.39 is 6.61 Å². The Labute approximate surface area is 152 Å². The average Bonchev–Trinajstić information content (AvgIpc) is 2.68. The summed E-state index contributed by atoms with van der Waals surface area (Å²) in [7, 11) is 0. The van der Waals surface area contributed by atoms with E-state index in [0.29, 0.717) is 11.6 Å². The zero-order valence-electron chi connectivity index (χ0n) is 13.7. The molecule has 0 spiro atoms. The van der Waals surface area contributed by atoms with Crippen LogP contribution in [0.4, 0.5) is 11.4 Å². The van der Waals surface area contributed by atoms with Gasteiger partial charge in [0.15, 0.2) is 6.61 Å². The summed E-state index contributed by atoms with van der Waals surface area (Å²) >= 11 is 5.99. The van der Waals surface area contributed by atoms with Gasteiger partial charge in [-0.1, -0.05) is 60.1 Å². The van der Waals surface area contributed by atoms with Crippen LogP contribution in [0.2, 0.25) is 5.02 Å². The van der Waals surface area contributed by atoms with E-state index >= 15 is 0 Å². The van der Waals surface area contributed by atoms with Gasteiger partial charge < -0.3 is 5.11 Å². The molecule has 0 heterocycles. The molecule has 0 aliphatic heterocycles. The Morgan fingerprint density at radius 1 is 0.800 bits per heavy atom. The predicted octanol–water partition coefficient (Wildman–Crippen LogP) is 4.70. The van der Waals surface area contributed by atoms with Gasteiger partial charge in [-0.25, -0.2) is 4.79 Å². The Bertz CT molecular complexity index is 793. The summed E-state index contributed by atoms with van der Waals surface area (Å²) < 4.78 is -0.0835. The van der Waals surface area contributed by atoms with Crippen LogP contribution in [0.5, 0.6) is 0 Å². The molecule has 3 aromatic rings. The Hall–Kier alpha value is -2.46. The molecule has 4 heteroatoms. The lowest BCUT2D eigenvalue weighted by molar-refractivity contribution is -0.131. The van der Waals surface area contributed by atoms with Gasteiger partial charge in [-0.05, 0) is 12.1 Å². The molecule has 0 atom stereocenters. The summed E-state index contributed by atoms with van der Waals surface area (Å²) in [6, 6.07) is 26.5. The highest BCUT2D eigenvalue weighted by Gasteiger charge is 2.41. The van der Waals surface area contributed by atoms with Crippen LogP contribution in [-0.2, 0) is 11.3 Å². The first kappa shape index (κ1) is 17.4. The largest absolute Gasteiger partial charge is 0.382 e. The molecule has 0 saturated carbocycles. The molecule has 0 aliphatic rings. The maximum atomic E-state index is 13.0. The molecule has 126 valence electrons.